The zero-order chi connectivity index (χ0) is 15.1. The average Bonchev–Trinajstić information content (AvgIpc) is 3.25. The predicted molar refractivity (Wildman–Crippen MR) is 83.3 cm³/mol. The Labute approximate surface area is 133 Å². The van der Waals surface area contributed by atoms with Crippen molar-refractivity contribution in [3.05, 3.63) is 33.1 Å². The van der Waals surface area contributed by atoms with Gasteiger partial charge in [-0.15, -0.1) is 11.3 Å². The van der Waals surface area contributed by atoms with Crippen molar-refractivity contribution in [1.82, 2.24) is 15.0 Å². The van der Waals surface area contributed by atoms with Gasteiger partial charge < -0.3 is 9.42 Å². The Bertz CT molecular complexity index is 706. The van der Waals surface area contributed by atoms with Gasteiger partial charge in [-0.25, -0.2) is 0 Å². The highest BCUT2D eigenvalue weighted by Crippen LogP contribution is 2.33. The van der Waals surface area contributed by atoms with Crippen LogP contribution in [0.25, 0.3) is 0 Å². The van der Waals surface area contributed by atoms with Crippen LogP contribution in [0, 0.1) is 6.92 Å². The van der Waals surface area contributed by atoms with E-state index in [2.05, 4.69) is 15.5 Å². The first kappa shape index (κ1) is 13.9. The van der Waals surface area contributed by atoms with Gasteiger partial charge in [-0.2, -0.15) is 4.98 Å². The SMILES string of the molecule is Cc1noc([C@H]2CCN(C(=O)c3scc4c3CCCC4)C2)n1. The molecule has 0 aromatic carbocycles. The van der Waals surface area contributed by atoms with Crippen LogP contribution in [0.5, 0.6) is 0 Å². The molecule has 5 nitrogen and oxygen atoms in total. The van der Waals surface area contributed by atoms with Gasteiger partial charge in [0.1, 0.15) is 0 Å². The highest BCUT2D eigenvalue weighted by atomic mass is 32.1. The van der Waals surface area contributed by atoms with Gasteiger partial charge in [0.25, 0.3) is 5.91 Å². The van der Waals surface area contributed by atoms with E-state index >= 15 is 0 Å². The fraction of sp³-hybridized carbons (Fsp3) is 0.562. The predicted octanol–water partition coefficient (Wildman–Crippen LogP) is 2.95. The quantitative estimate of drug-likeness (QED) is 0.854. The number of amides is 1. The second kappa shape index (κ2) is 5.50. The number of hydrogen-bond donors (Lipinski definition) is 0. The summed E-state index contributed by atoms with van der Waals surface area (Å²) in [5, 5.41) is 6.03. The Kier molecular flexibility index (Phi) is 3.48. The summed E-state index contributed by atoms with van der Waals surface area (Å²) in [7, 11) is 0. The summed E-state index contributed by atoms with van der Waals surface area (Å²) in [6.07, 6.45) is 5.54. The standard InChI is InChI=1S/C16H19N3O2S/c1-10-17-15(21-18-10)11-6-7-19(8-11)16(20)14-13-5-3-2-4-12(13)9-22-14/h9,11H,2-8H2,1H3/t11-/m0/s1. The first-order valence-corrected chi connectivity index (χ1v) is 8.79. The molecule has 1 saturated heterocycles. The van der Waals surface area contributed by atoms with E-state index in [-0.39, 0.29) is 11.8 Å². The molecule has 0 N–H and O–H groups in total. The van der Waals surface area contributed by atoms with E-state index in [1.54, 1.807) is 11.3 Å². The third-order valence-electron chi connectivity index (χ3n) is 4.67. The monoisotopic (exact) mass is 317 g/mol. The first-order valence-electron chi connectivity index (χ1n) is 7.91. The van der Waals surface area contributed by atoms with Gasteiger partial charge in [-0.1, -0.05) is 5.16 Å². The summed E-state index contributed by atoms with van der Waals surface area (Å²) < 4.78 is 5.26. The maximum absolute atomic E-state index is 12.8. The number of aromatic nitrogens is 2. The number of aryl methyl sites for hydroxylation is 2. The fourth-order valence-electron chi connectivity index (χ4n) is 3.47. The highest BCUT2D eigenvalue weighted by Gasteiger charge is 2.33. The molecular formula is C16H19N3O2S. The molecule has 22 heavy (non-hydrogen) atoms. The van der Waals surface area contributed by atoms with Crippen LogP contribution in [0.4, 0.5) is 0 Å². The van der Waals surface area contributed by atoms with Crippen molar-refractivity contribution in [2.24, 2.45) is 0 Å². The zero-order valence-corrected chi connectivity index (χ0v) is 13.5. The molecule has 0 radical (unpaired) electrons. The van der Waals surface area contributed by atoms with E-state index < -0.39 is 0 Å². The molecule has 1 amide bonds. The van der Waals surface area contributed by atoms with Crippen LogP contribution in [0.1, 0.15) is 57.7 Å². The number of thiophene rings is 1. The lowest BCUT2D eigenvalue weighted by molar-refractivity contribution is 0.0793. The molecule has 1 aliphatic heterocycles. The molecule has 0 saturated carbocycles. The summed E-state index contributed by atoms with van der Waals surface area (Å²) in [4.78, 5) is 20.0. The number of rotatable bonds is 2. The molecule has 0 bridgehead atoms. The van der Waals surface area contributed by atoms with E-state index in [9.17, 15) is 4.79 Å². The first-order chi connectivity index (χ1) is 10.7. The van der Waals surface area contributed by atoms with Crippen molar-refractivity contribution in [3.63, 3.8) is 0 Å². The second-order valence-electron chi connectivity index (χ2n) is 6.19. The molecule has 1 aliphatic carbocycles. The molecule has 2 aromatic rings. The molecule has 2 aromatic heterocycles. The Balaban J connectivity index is 1.51. The van der Waals surface area contributed by atoms with Crippen molar-refractivity contribution >= 4 is 17.2 Å². The van der Waals surface area contributed by atoms with Crippen molar-refractivity contribution in [1.29, 1.82) is 0 Å². The van der Waals surface area contributed by atoms with Crippen LogP contribution in [-0.4, -0.2) is 34.0 Å². The largest absolute Gasteiger partial charge is 0.339 e. The summed E-state index contributed by atoms with van der Waals surface area (Å²) in [6, 6.07) is 0. The Morgan fingerprint density at radius 1 is 1.41 bits per heavy atom. The smallest absolute Gasteiger partial charge is 0.264 e. The van der Waals surface area contributed by atoms with Crippen LogP contribution < -0.4 is 0 Å². The third kappa shape index (κ3) is 2.35. The lowest BCUT2D eigenvalue weighted by Crippen LogP contribution is -2.28. The molecule has 1 atom stereocenters. The molecule has 0 spiro atoms. The van der Waals surface area contributed by atoms with Gasteiger partial charge in [0.15, 0.2) is 5.82 Å². The van der Waals surface area contributed by atoms with Crippen molar-refractivity contribution in [2.75, 3.05) is 13.1 Å². The van der Waals surface area contributed by atoms with Crippen LogP contribution in [0.15, 0.2) is 9.90 Å². The molecule has 1 fully saturated rings. The van der Waals surface area contributed by atoms with Gasteiger partial charge in [-0.05, 0) is 55.5 Å². The Morgan fingerprint density at radius 2 is 2.27 bits per heavy atom. The number of hydrogen-bond acceptors (Lipinski definition) is 5. The summed E-state index contributed by atoms with van der Waals surface area (Å²) in [5.74, 6) is 1.70. The van der Waals surface area contributed by atoms with Crippen LogP contribution in [0.2, 0.25) is 0 Å². The minimum absolute atomic E-state index is 0.181. The lowest BCUT2D eigenvalue weighted by Gasteiger charge is -2.18. The number of nitrogens with zero attached hydrogens (tertiary/aromatic N) is 3. The molecule has 116 valence electrons. The summed E-state index contributed by atoms with van der Waals surface area (Å²) in [5.41, 5.74) is 2.70. The molecule has 0 unspecified atom stereocenters. The summed E-state index contributed by atoms with van der Waals surface area (Å²) in [6.45, 7) is 3.29. The van der Waals surface area contributed by atoms with Crippen LogP contribution >= 0.6 is 11.3 Å². The van der Waals surface area contributed by atoms with Crippen molar-refractivity contribution in [2.45, 2.75) is 44.9 Å². The number of carbonyl (C=O) groups excluding carboxylic acids is 1. The van der Waals surface area contributed by atoms with Crippen molar-refractivity contribution < 1.29 is 9.32 Å². The van der Waals surface area contributed by atoms with Gasteiger partial charge in [0.05, 0.1) is 10.8 Å². The minimum Gasteiger partial charge on any atom is -0.339 e. The van der Waals surface area contributed by atoms with E-state index in [1.807, 2.05) is 11.8 Å². The zero-order valence-electron chi connectivity index (χ0n) is 12.7. The topological polar surface area (TPSA) is 59.2 Å². The normalized spacial score (nSPS) is 21.1. The molecule has 6 heteroatoms. The molecular weight excluding hydrogens is 298 g/mol. The van der Waals surface area contributed by atoms with Crippen molar-refractivity contribution in [3.8, 4) is 0 Å². The van der Waals surface area contributed by atoms with Crippen LogP contribution in [0.3, 0.4) is 0 Å². The highest BCUT2D eigenvalue weighted by molar-refractivity contribution is 7.12. The Morgan fingerprint density at radius 3 is 3.09 bits per heavy atom. The lowest BCUT2D eigenvalue weighted by atomic mass is 9.94. The average molecular weight is 317 g/mol. The maximum atomic E-state index is 12.8. The van der Waals surface area contributed by atoms with Gasteiger partial charge in [0.2, 0.25) is 5.89 Å². The van der Waals surface area contributed by atoms with Gasteiger partial charge in [-0.3, -0.25) is 4.79 Å². The number of fused-ring (bicyclic) bond motifs is 1. The minimum atomic E-state index is 0.181. The maximum Gasteiger partial charge on any atom is 0.264 e. The molecule has 4 rings (SSSR count). The van der Waals surface area contributed by atoms with Gasteiger partial charge in [0, 0.05) is 13.1 Å². The number of likely N-dealkylation sites (tertiary alicyclic amines) is 1. The third-order valence-corrected chi connectivity index (χ3v) is 5.72. The Hall–Kier alpha value is -1.69. The number of carbonyl (C=O) groups is 1. The molecule has 2 aliphatic rings. The van der Waals surface area contributed by atoms with E-state index in [4.69, 9.17) is 4.52 Å². The van der Waals surface area contributed by atoms with E-state index in [0.717, 1.165) is 30.7 Å². The van der Waals surface area contributed by atoms with Crippen LogP contribution in [-0.2, 0) is 12.8 Å². The summed E-state index contributed by atoms with van der Waals surface area (Å²) >= 11 is 1.62. The van der Waals surface area contributed by atoms with E-state index in [0.29, 0.717) is 18.3 Å². The van der Waals surface area contributed by atoms with Gasteiger partial charge >= 0.3 is 0 Å². The fourth-order valence-corrected chi connectivity index (χ4v) is 4.59. The van der Waals surface area contributed by atoms with E-state index in [1.165, 1.54) is 24.0 Å². The molecule has 3 heterocycles. The second-order valence-corrected chi connectivity index (χ2v) is 7.07.